The Labute approximate surface area is 319 Å². The topological polar surface area (TPSA) is 173 Å². The van der Waals surface area contributed by atoms with Gasteiger partial charge in [0.05, 0.1) is 45.6 Å². The number of Topliss-reactive ketones (excluding diaryl/α,β-unsaturated/α-hetero) is 1. The van der Waals surface area contributed by atoms with Gasteiger partial charge in [0.1, 0.15) is 24.6 Å². The first kappa shape index (κ1) is 50.4. The number of carbonyl (C=O) groups is 5. The second-order valence-corrected chi connectivity index (χ2v) is 14.5. The molecule has 0 heterocycles. The maximum atomic E-state index is 12.9. The second-order valence-electron chi connectivity index (χ2n) is 14.5. The maximum absolute atomic E-state index is 12.9. The number of carboxylic acid groups (broad SMARTS) is 1. The average Bonchev–Trinajstić information content (AvgIpc) is 3.09. The van der Waals surface area contributed by atoms with Crippen LogP contribution in [0, 0.1) is 5.92 Å². The van der Waals surface area contributed by atoms with E-state index in [1.807, 2.05) is 0 Å². The summed E-state index contributed by atoms with van der Waals surface area (Å²) in [6.45, 7) is 9.21. The first-order valence-electron chi connectivity index (χ1n) is 20.1. The molecule has 13 nitrogen and oxygen atoms in total. The Hall–Kier alpha value is -2.61. The molecule has 1 amide bonds. The zero-order valence-corrected chi connectivity index (χ0v) is 33.5. The predicted molar refractivity (Wildman–Crippen MR) is 203 cm³/mol. The number of ether oxygens (including phenoxy) is 6. The van der Waals surface area contributed by atoms with Gasteiger partial charge in [0.15, 0.2) is 0 Å². The highest BCUT2D eigenvalue weighted by atomic mass is 16.6. The zero-order valence-electron chi connectivity index (χ0n) is 33.5. The Morgan fingerprint density at radius 3 is 1.72 bits per heavy atom. The minimum absolute atomic E-state index is 0.0364. The lowest BCUT2D eigenvalue weighted by atomic mass is 9.94. The number of amides is 1. The van der Waals surface area contributed by atoms with E-state index in [0.29, 0.717) is 32.5 Å². The van der Waals surface area contributed by atoms with Gasteiger partial charge < -0.3 is 38.8 Å². The second kappa shape index (κ2) is 35.1. The van der Waals surface area contributed by atoms with Crippen LogP contribution >= 0.6 is 0 Å². The van der Waals surface area contributed by atoms with Crippen molar-refractivity contribution in [2.24, 2.45) is 5.92 Å². The van der Waals surface area contributed by atoms with Gasteiger partial charge >= 0.3 is 17.9 Å². The van der Waals surface area contributed by atoms with Crippen molar-refractivity contribution in [3.8, 4) is 0 Å². The van der Waals surface area contributed by atoms with Gasteiger partial charge in [-0.25, -0.2) is 9.59 Å². The molecule has 0 aromatic heterocycles. The van der Waals surface area contributed by atoms with Crippen molar-refractivity contribution in [2.45, 2.75) is 155 Å². The van der Waals surface area contributed by atoms with Gasteiger partial charge in [-0.3, -0.25) is 14.4 Å². The number of rotatable bonds is 38. The smallest absolute Gasteiger partial charge is 0.332 e. The summed E-state index contributed by atoms with van der Waals surface area (Å²) in [5, 5.41) is 11.2. The van der Waals surface area contributed by atoms with E-state index in [2.05, 4.69) is 12.2 Å². The van der Waals surface area contributed by atoms with Gasteiger partial charge in [0.2, 0.25) is 5.91 Å². The first-order chi connectivity index (χ1) is 25.4. The summed E-state index contributed by atoms with van der Waals surface area (Å²) in [5.74, 6) is -2.81. The van der Waals surface area contributed by atoms with Crippen LogP contribution in [-0.4, -0.2) is 106 Å². The molecule has 0 aromatic rings. The summed E-state index contributed by atoms with van der Waals surface area (Å²) in [5.41, 5.74) is -0.683. The number of hydrogen-bond donors (Lipinski definition) is 2. The molecule has 0 rings (SSSR count). The lowest BCUT2D eigenvalue weighted by molar-refractivity contribution is -0.161. The van der Waals surface area contributed by atoms with Gasteiger partial charge in [0, 0.05) is 32.4 Å². The largest absolute Gasteiger partial charge is 0.480 e. The van der Waals surface area contributed by atoms with E-state index in [9.17, 15) is 24.0 Å². The van der Waals surface area contributed by atoms with Gasteiger partial charge in [-0.15, -0.1) is 0 Å². The molecule has 1 atom stereocenters. The van der Waals surface area contributed by atoms with Gasteiger partial charge in [-0.05, 0) is 46.5 Å². The molecule has 310 valence electrons. The van der Waals surface area contributed by atoms with Gasteiger partial charge in [-0.2, -0.15) is 0 Å². The third kappa shape index (κ3) is 37.5. The van der Waals surface area contributed by atoms with Crippen LogP contribution in [0.25, 0.3) is 0 Å². The molecular weight excluding hydrogens is 686 g/mol. The number of ketones is 1. The molecule has 0 spiro atoms. The molecule has 0 saturated carbocycles. The van der Waals surface area contributed by atoms with E-state index in [-0.39, 0.29) is 83.7 Å². The van der Waals surface area contributed by atoms with Crippen LogP contribution in [0.3, 0.4) is 0 Å². The number of esters is 2. The summed E-state index contributed by atoms with van der Waals surface area (Å²) < 4.78 is 31.5. The van der Waals surface area contributed by atoms with Crippen LogP contribution < -0.4 is 5.32 Å². The fourth-order valence-corrected chi connectivity index (χ4v) is 5.35. The molecule has 2 N–H and O–H groups in total. The van der Waals surface area contributed by atoms with E-state index >= 15 is 0 Å². The SMILES string of the molecule is CCCCCCCCCCCCCCCC(=O)CC(CCC(=O)NCCOCCOCC(=O)OCCCCOCCOCC(=O)O)C(=O)OC(C)(C)C. The number of unbranched alkanes of at least 4 members (excludes halogenated alkanes) is 13. The molecule has 0 aromatic carbocycles. The quantitative estimate of drug-likeness (QED) is 0.0501. The Kier molecular flexibility index (Phi) is 33.4. The highest BCUT2D eigenvalue weighted by Crippen LogP contribution is 2.20. The summed E-state index contributed by atoms with van der Waals surface area (Å²) in [7, 11) is 0. The first-order valence-corrected chi connectivity index (χ1v) is 20.1. The fourth-order valence-electron chi connectivity index (χ4n) is 5.35. The summed E-state index contributed by atoms with van der Waals surface area (Å²) in [6, 6.07) is 0. The van der Waals surface area contributed by atoms with E-state index in [4.69, 9.17) is 33.5 Å². The number of aliphatic carboxylic acids is 1. The van der Waals surface area contributed by atoms with Gasteiger partial charge in [-0.1, -0.05) is 84.0 Å². The van der Waals surface area contributed by atoms with Crippen molar-refractivity contribution >= 4 is 29.6 Å². The predicted octanol–water partition coefficient (Wildman–Crippen LogP) is 6.76. The third-order valence-corrected chi connectivity index (χ3v) is 8.20. The molecule has 0 bridgehead atoms. The Morgan fingerprint density at radius 2 is 1.13 bits per heavy atom. The minimum atomic E-state index is -1.02. The molecule has 0 radical (unpaired) electrons. The van der Waals surface area contributed by atoms with Crippen molar-refractivity contribution in [3.05, 3.63) is 0 Å². The van der Waals surface area contributed by atoms with Crippen LogP contribution in [0.2, 0.25) is 0 Å². The number of hydrogen-bond acceptors (Lipinski definition) is 11. The van der Waals surface area contributed by atoms with Crippen LogP contribution in [0.4, 0.5) is 0 Å². The normalized spacial score (nSPS) is 12.0. The zero-order chi connectivity index (χ0) is 39.4. The molecule has 53 heavy (non-hydrogen) atoms. The van der Waals surface area contributed by atoms with Crippen molar-refractivity contribution in [1.82, 2.24) is 5.32 Å². The van der Waals surface area contributed by atoms with E-state index in [1.165, 1.54) is 64.2 Å². The Bertz CT molecular complexity index is 952. The van der Waals surface area contributed by atoms with Crippen molar-refractivity contribution in [2.75, 3.05) is 66.0 Å². The number of carbonyl (C=O) groups excluding carboxylic acids is 4. The van der Waals surface area contributed by atoms with Crippen LogP contribution in [-0.2, 0) is 52.4 Å². The molecule has 0 aliphatic carbocycles. The van der Waals surface area contributed by atoms with Gasteiger partial charge in [0.25, 0.3) is 0 Å². The Balaban J connectivity index is 4.01. The molecule has 13 heteroatoms. The van der Waals surface area contributed by atoms with Crippen molar-refractivity contribution < 1.29 is 57.5 Å². The standard InChI is InChI=1S/C40H73NO12/c1-5-6-7-8-9-10-11-12-13-14-15-16-17-20-35(42)31-34(39(47)53-40(2,3)4)21-22-36(43)41-23-26-49-28-30-51-33-38(46)52-25-19-18-24-48-27-29-50-32-37(44)45/h34H,5-33H2,1-4H3,(H,41,43)(H,44,45). The van der Waals surface area contributed by atoms with Crippen LogP contribution in [0.1, 0.15) is 150 Å². The summed E-state index contributed by atoms with van der Waals surface area (Å²) in [4.78, 5) is 60.2. The van der Waals surface area contributed by atoms with E-state index in [1.54, 1.807) is 20.8 Å². The van der Waals surface area contributed by atoms with Crippen LogP contribution in [0.5, 0.6) is 0 Å². The monoisotopic (exact) mass is 760 g/mol. The summed E-state index contributed by atoms with van der Waals surface area (Å²) >= 11 is 0. The molecule has 0 aliphatic rings. The summed E-state index contributed by atoms with van der Waals surface area (Å²) in [6.07, 6.45) is 18.2. The molecule has 1 unspecified atom stereocenters. The lowest BCUT2D eigenvalue weighted by Crippen LogP contribution is -2.32. The van der Waals surface area contributed by atoms with Crippen molar-refractivity contribution in [1.29, 1.82) is 0 Å². The Morgan fingerprint density at radius 1 is 0.604 bits per heavy atom. The molecule has 0 saturated heterocycles. The van der Waals surface area contributed by atoms with E-state index < -0.39 is 29.4 Å². The number of carboxylic acids is 1. The average molecular weight is 760 g/mol. The maximum Gasteiger partial charge on any atom is 0.332 e. The molecule has 0 aliphatic heterocycles. The van der Waals surface area contributed by atoms with E-state index in [0.717, 1.165) is 19.3 Å². The minimum Gasteiger partial charge on any atom is -0.480 e. The fraction of sp³-hybridized carbons (Fsp3) is 0.875. The van der Waals surface area contributed by atoms with Crippen LogP contribution in [0.15, 0.2) is 0 Å². The van der Waals surface area contributed by atoms with Crippen molar-refractivity contribution in [3.63, 3.8) is 0 Å². The number of nitrogens with one attached hydrogen (secondary N) is 1. The highest BCUT2D eigenvalue weighted by molar-refractivity contribution is 5.85. The third-order valence-electron chi connectivity index (χ3n) is 8.20. The lowest BCUT2D eigenvalue weighted by Gasteiger charge is -2.23. The molecule has 0 fully saturated rings. The highest BCUT2D eigenvalue weighted by Gasteiger charge is 2.27. The molecular formula is C40H73NO12.